The molecule has 2 amide bonds. The van der Waals surface area contributed by atoms with E-state index >= 15 is 0 Å². The van der Waals surface area contributed by atoms with Crippen molar-refractivity contribution in [3.05, 3.63) is 83.2 Å². The maximum atomic E-state index is 13.7. The number of fused-ring (bicyclic) bond motifs is 1. The van der Waals surface area contributed by atoms with E-state index in [0.717, 1.165) is 5.56 Å². The van der Waals surface area contributed by atoms with Crippen LogP contribution in [0.2, 0.25) is 0 Å². The van der Waals surface area contributed by atoms with Gasteiger partial charge in [-0.05, 0) is 30.7 Å². The molecule has 1 N–H and O–H groups in total. The first-order valence-corrected chi connectivity index (χ1v) is 10.9. The van der Waals surface area contributed by atoms with Gasteiger partial charge in [-0.3, -0.25) is 9.59 Å². The maximum Gasteiger partial charge on any atom is 0.359 e. The van der Waals surface area contributed by atoms with E-state index in [-0.39, 0.29) is 31.0 Å². The molecule has 3 aromatic rings. The van der Waals surface area contributed by atoms with Crippen LogP contribution in [-0.4, -0.2) is 52.0 Å². The lowest BCUT2D eigenvalue weighted by atomic mass is 9.93. The summed E-state index contributed by atoms with van der Waals surface area (Å²) in [6, 6.07) is 12.9. The molecule has 1 unspecified atom stereocenters. The van der Waals surface area contributed by atoms with E-state index in [4.69, 9.17) is 9.47 Å². The zero-order valence-electron chi connectivity index (χ0n) is 19.6. The van der Waals surface area contributed by atoms with Crippen molar-refractivity contribution in [2.24, 2.45) is 0 Å². The van der Waals surface area contributed by atoms with Crippen LogP contribution in [0.5, 0.6) is 5.75 Å². The van der Waals surface area contributed by atoms with E-state index in [1.807, 2.05) is 18.2 Å². The average molecular weight is 480 g/mol. The normalized spacial score (nSPS) is 17.0. The number of carbonyl (C=O) groups excluding carboxylic acids is 3. The second kappa shape index (κ2) is 9.57. The molecule has 0 saturated heterocycles. The molecular weight excluding hydrogens is 455 g/mol. The van der Waals surface area contributed by atoms with Crippen molar-refractivity contribution < 1.29 is 28.2 Å². The third-order valence-electron chi connectivity index (χ3n) is 6.11. The molecule has 9 nitrogen and oxygen atoms in total. The summed E-state index contributed by atoms with van der Waals surface area (Å²) in [5, 5.41) is 2.90. The van der Waals surface area contributed by atoms with Crippen LogP contribution < -0.4 is 10.1 Å². The molecule has 1 aliphatic heterocycles. The Labute approximate surface area is 201 Å². The lowest BCUT2D eigenvalue weighted by Crippen LogP contribution is -2.63. The van der Waals surface area contributed by atoms with Crippen molar-refractivity contribution in [3.63, 3.8) is 0 Å². The lowest BCUT2D eigenvalue weighted by molar-refractivity contribution is -0.133. The van der Waals surface area contributed by atoms with Crippen LogP contribution in [0.4, 0.5) is 4.39 Å². The van der Waals surface area contributed by atoms with Crippen molar-refractivity contribution in [2.75, 3.05) is 14.2 Å². The van der Waals surface area contributed by atoms with Crippen LogP contribution in [0.25, 0.3) is 0 Å². The zero-order chi connectivity index (χ0) is 25.2. The first-order chi connectivity index (χ1) is 16.8. The summed E-state index contributed by atoms with van der Waals surface area (Å²) in [6.45, 7) is 1.90. The predicted octanol–water partition coefficient (Wildman–Crippen LogP) is 2.55. The van der Waals surface area contributed by atoms with Gasteiger partial charge in [0.15, 0.2) is 5.69 Å². The average Bonchev–Trinajstić information content (AvgIpc) is 3.29. The van der Waals surface area contributed by atoms with Gasteiger partial charge in [0, 0.05) is 18.7 Å². The molecule has 4 rings (SSSR count). The van der Waals surface area contributed by atoms with Crippen molar-refractivity contribution in [2.45, 2.75) is 32.1 Å². The second-order valence-corrected chi connectivity index (χ2v) is 8.35. The van der Waals surface area contributed by atoms with Crippen LogP contribution in [0.3, 0.4) is 0 Å². The third kappa shape index (κ3) is 4.46. The maximum absolute atomic E-state index is 13.7. The number of halogens is 1. The predicted molar refractivity (Wildman–Crippen MR) is 123 cm³/mol. The van der Waals surface area contributed by atoms with Gasteiger partial charge in [-0.25, -0.2) is 14.2 Å². The number of hydrogen-bond donors (Lipinski definition) is 1. The Balaban J connectivity index is 1.69. The number of carbonyl (C=O) groups is 3. The van der Waals surface area contributed by atoms with Crippen LogP contribution in [0.15, 0.2) is 54.9 Å². The highest BCUT2D eigenvalue weighted by atomic mass is 19.1. The Hall–Kier alpha value is -4.21. The summed E-state index contributed by atoms with van der Waals surface area (Å²) in [5.74, 6) is -1.51. The molecule has 0 fully saturated rings. The highest BCUT2D eigenvalue weighted by Crippen LogP contribution is 2.31. The number of hydrogen-bond acceptors (Lipinski definition) is 6. The molecular formula is C25H25FN4O5. The fraction of sp³-hybridized carbons (Fsp3) is 0.280. The molecule has 0 saturated carbocycles. The SMILES string of the molecule is COC(=O)c1ncn2c1C(=O)N(Cc1ccc(F)cc1)C(C)(C(=O)NCc1ccccc1OC)C2. The minimum atomic E-state index is -1.34. The van der Waals surface area contributed by atoms with Gasteiger partial charge in [0.25, 0.3) is 5.91 Å². The summed E-state index contributed by atoms with van der Waals surface area (Å²) in [5.41, 5.74) is -0.0345. The van der Waals surface area contributed by atoms with Gasteiger partial charge in [0.2, 0.25) is 5.91 Å². The van der Waals surface area contributed by atoms with Gasteiger partial charge < -0.3 is 24.3 Å². The number of nitrogens with zero attached hydrogens (tertiary/aromatic N) is 3. The molecule has 1 aromatic heterocycles. The number of methoxy groups -OCH3 is 2. The second-order valence-electron chi connectivity index (χ2n) is 8.35. The van der Waals surface area contributed by atoms with Crippen LogP contribution >= 0.6 is 0 Å². The largest absolute Gasteiger partial charge is 0.496 e. The zero-order valence-corrected chi connectivity index (χ0v) is 19.6. The number of imidazole rings is 1. The van der Waals surface area contributed by atoms with E-state index in [1.54, 1.807) is 32.2 Å². The van der Waals surface area contributed by atoms with Gasteiger partial charge in [0.1, 0.15) is 22.8 Å². The molecule has 1 atom stereocenters. The number of rotatable bonds is 7. The number of amides is 2. The fourth-order valence-electron chi connectivity index (χ4n) is 4.17. The number of ether oxygens (including phenoxy) is 2. The van der Waals surface area contributed by atoms with Crippen molar-refractivity contribution in [3.8, 4) is 5.75 Å². The molecule has 2 aromatic carbocycles. The molecule has 182 valence electrons. The molecule has 0 spiro atoms. The quantitative estimate of drug-likeness (QED) is 0.522. The standard InChI is InChI=1S/C25H25FN4O5/c1-25(24(33)27-12-17-6-4-5-7-19(17)34-2)14-29-15-28-20(23(32)35-3)21(29)22(31)30(25)13-16-8-10-18(26)11-9-16/h4-11,15H,12-14H2,1-3H3,(H,27,33). The Morgan fingerprint density at radius 3 is 2.54 bits per heavy atom. The molecule has 0 radical (unpaired) electrons. The van der Waals surface area contributed by atoms with Crippen molar-refractivity contribution in [1.82, 2.24) is 19.8 Å². The Morgan fingerprint density at radius 1 is 1.14 bits per heavy atom. The van der Waals surface area contributed by atoms with Crippen LogP contribution in [0.1, 0.15) is 39.0 Å². The topological polar surface area (TPSA) is 103 Å². The Kier molecular flexibility index (Phi) is 6.54. The van der Waals surface area contributed by atoms with Gasteiger partial charge in [-0.2, -0.15) is 0 Å². The van der Waals surface area contributed by atoms with Crippen molar-refractivity contribution in [1.29, 1.82) is 0 Å². The monoisotopic (exact) mass is 480 g/mol. The molecule has 35 heavy (non-hydrogen) atoms. The number of para-hydroxylation sites is 1. The molecule has 10 heteroatoms. The third-order valence-corrected chi connectivity index (χ3v) is 6.11. The number of nitrogens with one attached hydrogen (secondary N) is 1. The van der Waals surface area contributed by atoms with Crippen LogP contribution in [-0.2, 0) is 29.2 Å². The summed E-state index contributed by atoms with van der Waals surface area (Å²) in [4.78, 5) is 44.9. The molecule has 0 bridgehead atoms. The first kappa shape index (κ1) is 23.9. The first-order valence-electron chi connectivity index (χ1n) is 10.9. The van der Waals surface area contributed by atoms with Gasteiger partial charge in [-0.1, -0.05) is 30.3 Å². The van der Waals surface area contributed by atoms with E-state index < -0.39 is 29.1 Å². The van der Waals surface area contributed by atoms with E-state index in [0.29, 0.717) is 11.3 Å². The van der Waals surface area contributed by atoms with E-state index in [2.05, 4.69) is 10.3 Å². The van der Waals surface area contributed by atoms with Gasteiger partial charge >= 0.3 is 5.97 Å². The minimum Gasteiger partial charge on any atom is -0.496 e. The van der Waals surface area contributed by atoms with E-state index in [1.165, 1.54) is 35.0 Å². The van der Waals surface area contributed by atoms with Gasteiger partial charge in [-0.15, -0.1) is 0 Å². The highest BCUT2D eigenvalue weighted by molar-refractivity contribution is 6.06. The van der Waals surface area contributed by atoms with Crippen molar-refractivity contribution >= 4 is 17.8 Å². The smallest absolute Gasteiger partial charge is 0.359 e. The number of benzene rings is 2. The number of aromatic nitrogens is 2. The molecule has 0 aliphatic carbocycles. The van der Waals surface area contributed by atoms with Gasteiger partial charge in [0.05, 0.1) is 27.1 Å². The fourth-order valence-corrected chi connectivity index (χ4v) is 4.17. The number of esters is 1. The summed E-state index contributed by atoms with van der Waals surface area (Å²) >= 11 is 0. The van der Waals surface area contributed by atoms with E-state index in [9.17, 15) is 18.8 Å². The Morgan fingerprint density at radius 2 is 1.86 bits per heavy atom. The molecule has 1 aliphatic rings. The molecule has 2 heterocycles. The summed E-state index contributed by atoms with van der Waals surface area (Å²) in [6.07, 6.45) is 1.35. The Bertz CT molecular complexity index is 1270. The summed E-state index contributed by atoms with van der Waals surface area (Å²) < 4.78 is 25.1. The minimum absolute atomic E-state index is 0.0173. The van der Waals surface area contributed by atoms with Crippen LogP contribution in [0, 0.1) is 5.82 Å². The highest BCUT2D eigenvalue weighted by Gasteiger charge is 2.49. The summed E-state index contributed by atoms with van der Waals surface area (Å²) in [7, 11) is 2.75. The lowest BCUT2D eigenvalue weighted by Gasteiger charge is -2.43.